The molecule has 146 valence electrons. The van der Waals surface area contributed by atoms with Crippen LogP contribution in [0, 0.1) is 0 Å². The van der Waals surface area contributed by atoms with Crippen LogP contribution in [0.15, 0.2) is 24.3 Å². The smallest absolute Gasteiger partial charge is 0.573 e. The predicted octanol–water partition coefficient (Wildman–Crippen LogP) is 2.40. The van der Waals surface area contributed by atoms with Gasteiger partial charge in [0.1, 0.15) is 5.75 Å². The maximum Gasteiger partial charge on any atom is 0.573 e. The van der Waals surface area contributed by atoms with Crippen molar-refractivity contribution >= 4 is 22.8 Å². The van der Waals surface area contributed by atoms with Crippen LogP contribution in [-0.4, -0.2) is 50.6 Å². The summed E-state index contributed by atoms with van der Waals surface area (Å²) in [7, 11) is 0. The van der Waals surface area contributed by atoms with Gasteiger partial charge in [0.2, 0.25) is 0 Å². The van der Waals surface area contributed by atoms with E-state index in [1.807, 2.05) is 4.90 Å². The Kier molecular flexibility index (Phi) is 6.84. The lowest BCUT2D eigenvalue weighted by Gasteiger charge is -2.36. The van der Waals surface area contributed by atoms with E-state index in [0.29, 0.717) is 31.6 Å². The van der Waals surface area contributed by atoms with Crippen molar-refractivity contribution in [2.75, 3.05) is 18.4 Å². The van der Waals surface area contributed by atoms with Gasteiger partial charge < -0.3 is 19.9 Å². The van der Waals surface area contributed by atoms with Crippen molar-refractivity contribution in [3.8, 4) is 5.75 Å². The van der Waals surface area contributed by atoms with Crippen molar-refractivity contribution < 1.29 is 31.5 Å². The number of benzene rings is 1. The number of nitrogens with one attached hydrogen (secondary N) is 2. The molecule has 2 rings (SSSR count). The van der Waals surface area contributed by atoms with Gasteiger partial charge in [0.25, 0.3) is 0 Å². The van der Waals surface area contributed by atoms with Crippen LogP contribution < -0.4 is 15.4 Å². The zero-order valence-electron chi connectivity index (χ0n) is 13.9. The predicted molar refractivity (Wildman–Crippen MR) is 88.3 cm³/mol. The second-order valence-corrected chi connectivity index (χ2v) is 7.04. The highest BCUT2D eigenvalue weighted by molar-refractivity contribution is 7.79. The van der Waals surface area contributed by atoms with E-state index in [4.69, 9.17) is 0 Å². The number of halogens is 3. The van der Waals surface area contributed by atoms with Crippen LogP contribution in [0.1, 0.15) is 19.8 Å². The first-order valence-corrected chi connectivity index (χ1v) is 9.03. The molecular formula is C15H19F3N3O4S-. The van der Waals surface area contributed by atoms with Gasteiger partial charge in [-0.25, -0.2) is 4.79 Å². The molecule has 7 nitrogen and oxygen atoms in total. The third-order valence-electron chi connectivity index (χ3n) is 4.00. The molecule has 26 heavy (non-hydrogen) atoms. The molecule has 0 aliphatic carbocycles. The molecule has 11 heteroatoms. The van der Waals surface area contributed by atoms with E-state index in [-0.39, 0.29) is 11.8 Å². The fourth-order valence-electron chi connectivity index (χ4n) is 2.62. The Labute approximate surface area is 151 Å². The third kappa shape index (κ3) is 6.46. The van der Waals surface area contributed by atoms with Gasteiger partial charge in [-0.2, -0.15) is 0 Å². The van der Waals surface area contributed by atoms with Gasteiger partial charge in [-0.05, 0) is 55.1 Å². The maximum absolute atomic E-state index is 12.1. The van der Waals surface area contributed by atoms with Crippen LogP contribution in [0.5, 0.6) is 5.75 Å². The quantitative estimate of drug-likeness (QED) is 0.748. The van der Waals surface area contributed by atoms with Gasteiger partial charge in [0.05, 0.1) is 5.37 Å². The molecule has 2 N–H and O–H groups in total. The first-order valence-electron chi connectivity index (χ1n) is 7.89. The number of carbonyl (C=O) groups excluding carboxylic acids is 1. The normalized spacial score (nSPS) is 18.8. The number of urea groups is 1. The van der Waals surface area contributed by atoms with Crippen molar-refractivity contribution in [3.63, 3.8) is 0 Å². The Morgan fingerprint density at radius 2 is 1.88 bits per heavy atom. The molecular weight excluding hydrogens is 375 g/mol. The Balaban J connectivity index is 1.78. The number of amides is 2. The number of carbonyl (C=O) groups is 1. The van der Waals surface area contributed by atoms with Gasteiger partial charge in [-0.3, -0.25) is 9.11 Å². The number of likely N-dealkylation sites (tertiary alicyclic amines) is 1. The van der Waals surface area contributed by atoms with Gasteiger partial charge in [-0.15, -0.1) is 13.2 Å². The average Bonchev–Trinajstić information content (AvgIpc) is 2.55. The van der Waals surface area contributed by atoms with Crippen LogP contribution in [0.3, 0.4) is 0 Å². The van der Waals surface area contributed by atoms with Crippen LogP contribution in [-0.2, 0) is 11.1 Å². The third-order valence-corrected chi connectivity index (χ3v) is 4.86. The van der Waals surface area contributed by atoms with E-state index in [1.165, 1.54) is 12.1 Å². The summed E-state index contributed by atoms with van der Waals surface area (Å²) in [6, 6.07) is 4.22. The highest BCUT2D eigenvalue weighted by Gasteiger charge is 2.31. The molecule has 1 fully saturated rings. The minimum absolute atomic E-state index is 0.105. The molecule has 1 aromatic rings. The van der Waals surface area contributed by atoms with Gasteiger partial charge >= 0.3 is 12.4 Å². The van der Waals surface area contributed by atoms with E-state index < -0.39 is 28.8 Å². The van der Waals surface area contributed by atoms with Crippen LogP contribution in [0.4, 0.5) is 23.7 Å². The highest BCUT2D eigenvalue weighted by Crippen LogP contribution is 2.24. The van der Waals surface area contributed by atoms with Crippen molar-refractivity contribution in [1.82, 2.24) is 10.2 Å². The summed E-state index contributed by atoms with van der Waals surface area (Å²) in [5.41, 5.74) is 0.324. The Morgan fingerprint density at radius 3 is 2.38 bits per heavy atom. The largest absolute Gasteiger partial charge is 0.771 e. The summed E-state index contributed by atoms with van der Waals surface area (Å²) in [4.78, 5) is 13.8. The number of hydrogen-bond acceptors (Lipinski definition) is 5. The second kappa shape index (κ2) is 8.69. The molecule has 0 bridgehead atoms. The number of piperidine rings is 1. The summed E-state index contributed by atoms with van der Waals surface area (Å²) in [5.74, 6) is -0.374. The minimum Gasteiger partial charge on any atom is -0.771 e. The Hall–Kier alpha value is -1.85. The summed E-state index contributed by atoms with van der Waals surface area (Å²) >= 11 is -2.17. The topological polar surface area (TPSA) is 93.7 Å². The summed E-state index contributed by atoms with van der Waals surface area (Å²) < 4.78 is 62.0. The number of nitrogens with zero attached hydrogens (tertiary/aromatic N) is 1. The molecule has 1 heterocycles. The highest BCUT2D eigenvalue weighted by atomic mass is 32.2. The molecule has 0 aromatic heterocycles. The first-order chi connectivity index (χ1) is 12.1. The molecule has 0 spiro atoms. The fourth-order valence-corrected chi connectivity index (χ4v) is 3.08. The maximum atomic E-state index is 12.1. The van der Waals surface area contributed by atoms with Crippen molar-refractivity contribution in [3.05, 3.63) is 24.3 Å². The second-order valence-electron chi connectivity index (χ2n) is 5.84. The average molecular weight is 394 g/mol. The summed E-state index contributed by atoms with van der Waals surface area (Å²) in [5, 5.41) is 4.73. The molecule has 2 amide bonds. The lowest BCUT2D eigenvalue weighted by Crippen LogP contribution is -2.49. The van der Waals surface area contributed by atoms with E-state index >= 15 is 0 Å². The van der Waals surface area contributed by atoms with Crippen molar-refractivity contribution in [2.45, 2.75) is 37.5 Å². The van der Waals surface area contributed by atoms with Gasteiger partial charge in [0, 0.05) is 24.8 Å². The van der Waals surface area contributed by atoms with Crippen molar-refractivity contribution in [2.24, 2.45) is 0 Å². The Bertz CT molecular complexity index is 634. The lowest BCUT2D eigenvalue weighted by atomic mass is 10.1. The molecule has 2 atom stereocenters. The number of anilines is 1. The zero-order chi connectivity index (χ0) is 19.3. The number of ether oxygens (including phenoxy) is 1. The fraction of sp³-hybridized carbons (Fsp3) is 0.533. The Morgan fingerprint density at radius 1 is 1.31 bits per heavy atom. The SMILES string of the molecule is CC(N1CCC(NC(=O)Nc2ccc(OC(F)(F)F)cc2)CC1)S(=O)[O-]. The monoisotopic (exact) mass is 394 g/mol. The molecule has 1 aliphatic rings. The zero-order valence-corrected chi connectivity index (χ0v) is 14.7. The summed E-state index contributed by atoms with van der Waals surface area (Å²) in [6.45, 7) is 2.70. The number of alkyl halides is 3. The lowest BCUT2D eigenvalue weighted by molar-refractivity contribution is -0.274. The van der Waals surface area contributed by atoms with E-state index in [1.54, 1.807) is 6.92 Å². The molecule has 0 radical (unpaired) electrons. The van der Waals surface area contributed by atoms with Crippen LogP contribution in [0.25, 0.3) is 0 Å². The first kappa shape index (κ1) is 20.5. The molecule has 1 aliphatic heterocycles. The molecule has 1 aromatic carbocycles. The minimum atomic E-state index is -4.77. The van der Waals surface area contributed by atoms with E-state index in [9.17, 15) is 26.7 Å². The molecule has 0 saturated carbocycles. The standard InChI is InChI=1S/C15H20F3N3O4S/c1-10(26(23)24)21-8-6-12(7-9-21)20-14(22)19-11-2-4-13(5-3-11)25-15(16,17)18/h2-5,10,12H,6-9H2,1H3,(H,23,24)(H2,19,20,22)/p-1. The molecule has 2 unspecified atom stereocenters. The number of hydrogen-bond donors (Lipinski definition) is 2. The van der Waals surface area contributed by atoms with Crippen molar-refractivity contribution in [1.29, 1.82) is 0 Å². The van der Waals surface area contributed by atoms with Gasteiger partial charge in [-0.1, -0.05) is 0 Å². The molecule has 1 saturated heterocycles. The van der Waals surface area contributed by atoms with Gasteiger partial charge in [0.15, 0.2) is 0 Å². The van der Waals surface area contributed by atoms with Crippen LogP contribution in [0.2, 0.25) is 0 Å². The van der Waals surface area contributed by atoms with E-state index in [2.05, 4.69) is 15.4 Å². The number of rotatable bonds is 5. The van der Waals surface area contributed by atoms with E-state index in [0.717, 1.165) is 12.1 Å². The summed E-state index contributed by atoms with van der Waals surface area (Å²) in [6.07, 6.45) is -3.56. The van der Waals surface area contributed by atoms with Crippen LogP contribution >= 0.6 is 0 Å².